The largest absolute Gasteiger partial charge is 0.378 e. The number of para-hydroxylation sites is 1. The molecule has 0 bridgehead atoms. The van der Waals surface area contributed by atoms with Crippen LogP contribution >= 0.6 is 27.5 Å². The summed E-state index contributed by atoms with van der Waals surface area (Å²) in [4.78, 5) is 40.9. The SMILES string of the molecule is O=C1c2cccc([N+](=O)[O-])c2NC[C@@]12[C@H](c1ccc(Br)cc1)[C@@H](c1ccccc1)N[C@]21C(=O)Nc2ccc(Cl)cc21. The number of carbonyl (C=O) groups is 2. The molecule has 2 spiro atoms. The Hall–Kier alpha value is -4.05. The summed E-state index contributed by atoms with van der Waals surface area (Å²) in [6.07, 6.45) is 0. The maximum absolute atomic E-state index is 15.1. The fourth-order valence-corrected chi connectivity index (χ4v) is 7.51. The zero-order valence-corrected chi connectivity index (χ0v) is 23.7. The lowest BCUT2D eigenvalue weighted by atomic mass is 9.55. The predicted molar refractivity (Wildman–Crippen MR) is 159 cm³/mol. The van der Waals surface area contributed by atoms with Gasteiger partial charge in [-0.2, -0.15) is 0 Å². The Kier molecular flexibility index (Phi) is 5.83. The van der Waals surface area contributed by atoms with Crippen molar-refractivity contribution in [1.29, 1.82) is 0 Å². The average molecular weight is 630 g/mol. The number of nitro groups is 1. The number of rotatable bonds is 3. The van der Waals surface area contributed by atoms with E-state index >= 15 is 4.79 Å². The Bertz CT molecular complexity index is 1770. The van der Waals surface area contributed by atoms with E-state index in [2.05, 4.69) is 31.9 Å². The maximum atomic E-state index is 15.1. The first kappa shape index (κ1) is 25.9. The first-order chi connectivity index (χ1) is 19.8. The molecule has 0 radical (unpaired) electrons. The topological polar surface area (TPSA) is 113 Å². The van der Waals surface area contributed by atoms with Gasteiger partial charge in [0, 0.05) is 50.9 Å². The van der Waals surface area contributed by atoms with Gasteiger partial charge in [0.25, 0.3) is 11.6 Å². The molecule has 0 aliphatic carbocycles. The fraction of sp³-hybridized carbons (Fsp3) is 0.161. The fourth-order valence-electron chi connectivity index (χ4n) is 7.08. The summed E-state index contributed by atoms with van der Waals surface area (Å²) in [6.45, 7) is -0.0277. The maximum Gasteiger partial charge on any atom is 0.293 e. The summed E-state index contributed by atoms with van der Waals surface area (Å²) in [5.74, 6) is -1.28. The van der Waals surface area contributed by atoms with Gasteiger partial charge in [0.05, 0.1) is 10.3 Å². The molecule has 0 unspecified atom stereocenters. The van der Waals surface area contributed by atoms with Crippen LogP contribution in [0.25, 0.3) is 0 Å². The van der Waals surface area contributed by atoms with Crippen LogP contribution in [0.2, 0.25) is 5.02 Å². The van der Waals surface area contributed by atoms with Gasteiger partial charge in [0.2, 0.25) is 0 Å². The molecule has 0 saturated carbocycles. The molecular formula is C31H22BrClN4O4. The van der Waals surface area contributed by atoms with Gasteiger partial charge in [-0.05, 0) is 47.5 Å². The van der Waals surface area contributed by atoms with Crippen LogP contribution in [0.1, 0.15) is 39.0 Å². The van der Waals surface area contributed by atoms with E-state index in [0.29, 0.717) is 16.3 Å². The molecule has 1 amide bonds. The number of amides is 1. The Labute approximate surface area is 248 Å². The smallest absolute Gasteiger partial charge is 0.293 e. The van der Waals surface area contributed by atoms with Crippen molar-refractivity contribution in [2.75, 3.05) is 17.2 Å². The van der Waals surface area contributed by atoms with Crippen LogP contribution in [0.4, 0.5) is 17.1 Å². The van der Waals surface area contributed by atoms with Gasteiger partial charge < -0.3 is 10.6 Å². The Balaban J connectivity index is 1.58. The van der Waals surface area contributed by atoms with E-state index in [-0.39, 0.29) is 35.2 Å². The normalized spacial score (nSPS) is 26.0. The number of Topliss-reactive ketones (excluding diaryl/α,β-unsaturated/α-hetero) is 1. The van der Waals surface area contributed by atoms with Crippen molar-refractivity contribution in [3.8, 4) is 0 Å². The molecule has 4 atom stereocenters. The van der Waals surface area contributed by atoms with Crippen molar-refractivity contribution in [3.63, 3.8) is 0 Å². The third-order valence-corrected chi connectivity index (χ3v) is 9.46. The number of ketones is 1. The summed E-state index contributed by atoms with van der Waals surface area (Å²) in [6, 6.07) is 26.6. The van der Waals surface area contributed by atoms with Gasteiger partial charge in [-0.3, -0.25) is 25.0 Å². The number of carbonyl (C=O) groups excluding carboxylic acids is 2. The molecule has 3 aliphatic heterocycles. The van der Waals surface area contributed by atoms with E-state index < -0.39 is 27.8 Å². The number of anilines is 2. The van der Waals surface area contributed by atoms with E-state index in [1.807, 2.05) is 54.6 Å². The summed E-state index contributed by atoms with van der Waals surface area (Å²) in [5, 5.41) is 22.2. The van der Waals surface area contributed by atoms with Crippen molar-refractivity contribution in [2.45, 2.75) is 17.5 Å². The van der Waals surface area contributed by atoms with E-state index in [1.54, 1.807) is 24.3 Å². The van der Waals surface area contributed by atoms with E-state index in [9.17, 15) is 14.9 Å². The number of nitrogens with zero attached hydrogens (tertiary/aromatic N) is 1. The number of hydrogen-bond acceptors (Lipinski definition) is 6. The van der Waals surface area contributed by atoms with Crippen LogP contribution in [0, 0.1) is 15.5 Å². The molecule has 3 N–H and O–H groups in total. The minimum absolute atomic E-state index is 0.0277. The van der Waals surface area contributed by atoms with Gasteiger partial charge >= 0.3 is 0 Å². The predicted octanol–water partition coefficient (Wildman–Crippen LogP) is 6.58. The number of benzene rings is 4. The molecule has 204 valence electrons. The monoisotopic (exact) mass is 628 g/mol. The quantitative estimate of drug-likeness (QED) is 0.174. The summed E-state index contributed by atoms with van der Waals surface area (Å²) < 4.78 is 0.872. The summed E-state index contributed by atoms with van der Waals surface area (Å²) >= 11 is 10.0. The summed E-state index contributed by atoms with van der Waals surface area (Å²) in [7, 11) is 0. The number of nitro benzene ring substituents is 1. The number of halogens is 2. The average Bonchev–Trinajstić information content (AvgIpc) is 3.44. The molecule has 1 fully saturated rings. The third kappa shape index (κ3) is 3.49. The van der Waals surface area contributed by atoms with Crippen LogP contribution in [0.3, 0.4) is 0 Å². The molecule has 41 heavy (non-hydrogen) atoms. The van der Waals surface area contributed by atoms with E-state index in [0.717, 1.165) is 15.6 Å². The highest BCUT2D eigenvalue weighted by molar-refractivity contribution is 9.10. The minimum Gasteiger partial charge on any atom is -0.378 e. The van der Waals surface area contributed by atoms with Crippen LogP contribution < -0.4 is 16.0 Å². The highest BCUT2D eigenvalue weighted by Gasteiger charge is 2.74. The molecule has 4 aromatic rings. The first-order valence-electron chi connectivity index (χ1n) is 13.0. The molecule has 10 heteroatoms. The number of fused-ring (bicyclic) bond motifs is 4. The second kappa shape index (κ2) is 9.24. The van der Waals surface area contributed by atoms with Gasteiger partial charge in [0.1, 0.15) is 11.2 Å². The molecule has 3 heterocycles. The van der Waals surface area contributed by atoms with Crippen LogP contribution in [0.15, 0.2) is 95.5 Å². The minimum atomic E-state index is -1.54. The summed E-state index contributed by atoms with van der Waals surface area (Å²) in [5.41, 5.74) is 0.0332. The zero-order valence-electron chi connectivity index (χ0n) is 21.4. The molecule has 0 aromatic heterocycles. The zero-order chi connectivity index (χ0) is 28.5. The van der Waals surface area contributed by atoms with E-state index in [4.69, 9.17) is 11.6 Å². The molecule has 7 rings (SSSR count). The van der Waals surface area contributed by atoms with Crippen LogP contribution in [0.5, 0.6) is 0 Å². The second-order valence-corrected chi connectivity index (χ2v) is 11.9. The van der Waals surface area contributed by atoms with Crippen LogP contribution in [-0.4, -0.2) is 23.2 Å². The first-order valence-corrected chi connectivity index (χ1v) is 14.2. The molecule has 8 nitrogen and oxygen atoms in total. The lowest BCUT2D eigenvalue weighted by molar-refractivity contribution is -0.384. The highest BCUT2D eigenvalue weighted by Crippen LogP contribution is 2.66. The number of nitrogens with one attached hydrogen (secondary N) is 3. The third-order valence-electron chi connectivity index (χ3n) is 8.70. The van der Waals surface area contributed by atoms with Crippen LogP contribution in [-0.2, 0) is 10.3 Å². The van der Waals surface area contributed by atoms with Crippen molar-refractivity contribution in [3.05, 3.63) is 133 Å². The Morgan fingerprint density at radius 3 is 2.41 bits per heavy atom. The van der Waals surface area contributed by atoms with E-state index in [1.165, 1.54) is 12.1 Å². The van der Waals surface area contributed by atoms with Gasteiger partial charge in [-0.1, -0.05) is 76.1 Å². The Morgan fingerprint density at radius 1 is 0.927 bits per heavy atom. The van der Waals surface area contributed by atoms with Crippen molar-refractivity contribution in [2.24, 2.45) is 5.41 Å². The number of hydrogen-bond donors (Lipinski definition) is 3. The van der Waals surface area contributed by atoms with Crippen molar-refractivity contribution in [1.82, 2.24) is 5.32 Å². The van der Waals surface area contributed by atoms with Gasteiger partial charge in [-0.15, -0.1) is 0 Å². The van der Waals surface area contributed by atoms with Gasteiger partial charge in [0.15, 0.2) is 5.78 Å². The molecule has 4 aromatic carbocycles. The lowest BCUT2D eigenvalue weighted by Gasteiger charge is -2.46. The Morgan fingerprint density at radius 2 is 1.68 bits per heavy atom. The molecule has 1 saturated heterocycles. The lowest BCUT2D eigenvalue weighted by Crippen LogP contribution is -2.62. The van der Waals surface area contributed by atoms with Crippen molar-refractivity contribution < 1.29 is 14.5 Å². The molecular weight excluding hydrogens is 608 g/mol. The van der Waals surface area contributed by atoms with Gasteiger partial charge in [-0.25, -0.2) is 0 Å². The second-order valence-electron chi connectivity index (χ2n) is 10.6. The van der Waals surface area contributed by atoms with Crippen molar-refractivity contribution >= 4 is 56.3 Å². The standard InChI is InChI=1S/C31H22BrClN4O4/c32-19-11-9-17(10-12-19)25-26(18-5-2-1-3-6-18)36-31(22-15-20(33)13-14-23(22)35-29(31)39)30(25)16-34-27-21(28(30)38)7-4-8-24(27)37(40)41/h1-15,25-26,34,36H,16H2,(H,35,39)/t25-,26-,30-,31-/m1/s1. The molecule has 3 aliphatic rings. The highest BCUT2D eigenvalue weighted by atomic mass is 79.9.